The Morgan fingerprint density at radius 2 is 1.69 bits per heavy atom. The van der Waals surface area contributed by atoms with Crippen LogP contribution in [0.1, 0.15) is 38.8 Å². The number of hydrogen-bond acceptors (Lipinski definition) is 5. The summed E-state index contributed by atoms with van der Waals surface area (Å²) in [6.07, 6.45) is 0.989. The van der Waals surface area contributed by atoms with Crippen molar-refractivity contribution in [3.05, 3.63) is 59.4 Å². The molecule has 0 radical (unpaired) electrons. The van der Waals surface area contributed by atoms with E-state index in [0.29, 0.717) is 5.56 Å². The van der Waals surface area contributed by atoms with Gasteiger partial charge in [-0.15, -0.1) is 0 Å². The molecular formula is C23H32FN3O4S. The van der Waals surface area contributed by atoms with E-state index in [1.165, 1.54) is 17.0 Å². The first kappa shape index (κ1) is 25.5. The van der Waals surface area contributed by atoms with Crippen LogP contribution >= 0.6 is 0 Å². The Morgan fingerprint density at radius 1 is 1.06 bits per heavy atom. The largest absolute Gasteiger partial charge is 0.382 e. The van der Waals surface area contributed by atoms with Gasteiger partial charge < -0.3 is 19.3 Å². The number of anilines is 1. The number of urea groups is 1. The highest BCUT2D eigenvalue weighted by molar-refractivity contribution is 7.86. The average Bonchev–Trinajstić information content (AvgIpc) is 2.70. The van der Waals surface area contributed by atoms with Crippen molar-refractivity contribution in [1.82, 2.24) is 10.2 Å². The van der Waals surface area contributed by atoms with Gasteiger partial charge in [-0.3, -0.25) is 0 Å². The highest BCUT2D eigenvalue weighted by atomic mass is 32.2. The molecule has 0 saturated heterocycles. The third-order valence-electron chi connectivity index (χ3n) is 4.77. The smallest absolute Gasteiger partial charge is 0.318 e. The Balaban J connectivity index is 2.42. The molecule has 0 aliphatic heterocycles. The Bertz CT molecular complexity index is 1010. The molecule has 176 valence electrons. The first-order valence-electron chi connectivity index (χ1n) is 10.6. The normalized spacial score (nSPS) is 11.3. The van der Waals surface area contributed by atoms with E-state index >= 15 is 0 Å². The molecule has 2 rings (SSSR count). The number of nitrogens with zero attached hydrogens (tertiary/aromatic N) is 2. The molecular weight excluding hydrogens is 433 g/mol. The summed E-state index contributed by atoms with van der Waals surface area (Å²) in [4.78, 5) is 16.5. The van der Waals surface area contributed by atoms with Gasteiger partial charge in [-0.25, -0.2) is 9.18 Å². The summed E-state index contributed by atoms with van der Waals surface area (Å²) in [5.41, 5.74) is 2.12. The second kappa shape index (κ2) is 11.2. The van der Waals surface area contributed by atoms with Gasteiger partial charge in [0.25, 0.3) is 0 Å². The molecule has 32 heavy (non-hydrogen) atoms. The molecule has 0 fully saturated rings. The van der Waals surface area contributed by atoms with Crippen molar-refractivity contribution in [2.75, 3.05) is 24.2 Å². The summed E-state index contributed by atoms with van der Waals surface area (Å²) in [7, 11) is -3.77. The Kier molecular flexibility index (Phi) is 8.89. The lowest BCUT2D eigenvalue weighted by molar-refractivity contribution is 0.189. The van der Waals surface area contributed by atoms with E-state index in [0.717, 1.165) is 30.6 Å². The topological polar surface area (TPSA) is 79.0 Å². The number of amides is 2. The van der Waals surface area contributed by atoms with E-state index in [-0.39, 0.29) is 36.7 Å². The molecule has 0 aromatic heterocycles. The maximum Gasteiger partial charge on any atom is 0.318 e. The average molecular weight is 466 g/mol. The van der Waals surface area contributed by atoms with Crippen LogP contribution in [-0.2, 0) is 23.2 Å². The molecule has 0 unspecified atom stereocenters. The summed E-state index contributed by atoms with van der Waals surface area (Å²) in [5.74, 6) is -0.180. The van der Waals surface area contributed by atoms with Gasteiger partial charge in [0.15, 0.2) is 0 Å². The number of halogens is 1. The molecule has 0 saturated carbocycles. The molecule has 0 heterocycles. The Hall–Kier alpha value is -2.81. The summed E-state index contributed by atoms with van der Waals surface area (Å²) in [6, 6.07) is 10.8. The molecule has 1 N–H and O–H groups in total. The molecule has 9 heteroatoms. The first-order chi connectivity index (χ1) is 15.0. The molecule has 0 spiro atoms. The van der Waals surface area contributed by atoms with E-state index in [1.54, 1.807) is 24.3 Å². The molecule has 2 aromatic rings. The number of benzene rings is 2. The number of carbonyl (C=O) groups excluding carboxylic acids is 1. The minimum absolute atomic E-state index is 0.0880. The third kappa shape index (κ3) is 7.71. The van der Waals surface area contributed by atoms with E-state index in [2.05, 4.69) is 10.2 Å². The van der Waals surface area contributed by atoms with Crippen molar-refractivity contribution in [1.29, 1.82) is 0 Å². The first-order valence-corrected chi connectivity index (χ1v) is 12.4. The minimum Gasteiger partial charge on any atom is -0.382 e. The fourth-order valence-corrected chi connectivity index (χ4v) is 3.73. The van der Waals surface area contributed by atoms with E-state index < -0.39 is 10.1 Å². The van der Waals surface area contributed by atoms with Crippen LogP contribution in [0.25, 0.3) is 0 Å². The third-order valence-corrected chi connectivity index (χ3v) is 5.25. The molecule has 0 aliphatic rings. The Morgan fingerprint density at radius 3 is 2.22 bits per heavy atom. The Labute approximate surface area is 190 Å². The standard InChI is InChI=1S/C23H32FN3O4S/c1-6-26(7-2)21-13-10-19(22(14-21)31-32(5,29)30)16-27(23(28)25-17(3)4)15-18-8-11-20(24)12-9-18/h8-14,17H,6-7,15-16H2,1-5H3,(H,25,28). The second-order valence-electron chi connectivity index (χ2n) is 7.84. The van der Waals surface area contributed by atoms with Gasteiger partial charge in [0.2, 0.25) is 0 Å². The molecule has 0 bridgehead atoms. The number of nitrogens with one attached hydrogen (secondary N) is 1. The quantitative estimate of drug-likeness (QED) is 0.534. The summed E-state index contributed by atoms with van der Waals surface area (Å²) < 4.78 is 42.4. The van der Waals surface area contributed by atoms with E-state index in [1.807, 2.05) is 33.8 Å². The SMILES string of the molecule is CCN(CC)c1ccc(CN(Cc2ccc(F)cc2)C(=O)NC(C)C)c(OS(C)(=O)=O)c1. The number of hydrogen-bond donors (Lipinski definition) is 1. The lowest BCUT2D eigenvalue weighted by Gasteiger charge is -2.27. The zero-order chi connectivity index (χ0) is 23.9. The lowest BCUT2D eigenvalue weighted by Crippen LogP contribution is -2.42. The van der Waals surface area contributed by atoms with Crippen LogP contribution in [0.2, 0.25) is 0 Å². The fourth-order valence-electron chi connectivity index (χ4n) is 3.25. The highest BCUT2D eigenvalue weighted by Crippen LogP contribution is 2.29. The van der Waals surface area contributed by atoms with Gasteiger partial charge in [-0.05, 0) is 51.5 Å². The zero-order valence-electron chi connectivity index (χ0n) is 19.3. The zero-order valence-corrected chi connectivity index (χ0v) is 20.1. The lowest BCUT2D eigenvalue weighted by atomic mass is 10.1. The van der Waals surface area contributed by atoms with Crippen molar-refractivity contribution in [3.63, 3.8) is 0 Å². The van der Waals surface area contributed by atoms with Crippen LogP contribution < -0.4 is 14.4 Å². The monoisotopic (exact) mass is 465 g/mol. The predicted octanol–water partition coefficient (Wildman–Crippen LogP) is 4.13. The minimum atomic E-state index is -3.77. The molecule has 2 amide bonds. The predicted molar refractivity (Wildman–Crippen MR) is 125 cm³/mol. The highest BCUT2D eigenvalue weighted by Gasteiger charge is 2.20. The maximum atomic E-state index is 13.3. The van der Waals surface area contributed by atoms with Crippen molar-refractivity contribution < 1.29 is 21.8 Å². The van der Waals surface area contributed by atoms with Gasteiger partial charge in [-0.1, -0.05) is 18.2 Å². The second-order valence-corrected chi connectivity index (χ2v) is 9.41. The van der Waals surface area contributed by atoms with Crippen LogP contribution in [-0.4, -0.2) is 44.7 Å². The molecule has 7 nitrogen and oxygen atoms in total. The summed E-state index contributed by atoms with van der Waals surface area (Å²) in [5, 5.41) is 2.86. The number of carbonyl (C=O) groups is 1. The number of rotatable bonds is 10. The van der Waals surface area contributed by atoms with Crippen LogP contribution in [0.15, 0.2) is 42.5 Å². The van der Waals surface area contributed by atoms with Gasteiger partial charge >= 0.3 is 16.1 Å². The van der Waals surface area contributed by atoms with E-state index in [4.69, 9.17) is 4.18 Å². The van der Waals surface area contributed by atoms with Crippen LogP contribution in [0.3, 0.4) is 0 Å². The van der Waals surface area contributed by atoms with Gasteiger partial charge in [-0.2, -0.15) is 8.42 Å². The molecule has 2 aromatic carbocycles. The van der Waals surface area contributed by atoms with Crippen molar-refractivity contribution in [2.24, 2.45) is 0 Å². The van der Waals surface area contributed by atoms with Gasteiger partial charge in [0, 0.05) is 43.0 Å². The van der Waals surface area contributed by atoms with Crippen molar-refractivity contribution in [2.45, 2.75) is 46.8 Å². The van der Waals surface area contributed by atoms with Crippen LogP contribution in [0.4, 0.5) is 14.9 Å². The summed E-state index contributed by atoms with van der Waals surface area (Å²) in [6.45, 7) is 9.55. The van der Waals surface area contributed by atoms with Crippen LogP contribution in [0, 0.1) is 5.82 Å². The maximum absolute atomic E-state index is 13.3. The van der Waals surface area contributed by atoms with Gasteiger partial charge in [0.05, 0.1) is 12.8 Å². The molecule has 0 atom stereocenters. The van der Waals surface area contributed by atoms with Crippen molar-refractivity contribution >= 4 is 21.8 Å². The van der Waals surface area contributed by atoms with E-state index in [9.17, 15) is 17.6 Å². The summed E-state index contributed by atoms with van der Waals surface area (Å²) >= 11 is 0. The fraction of sp³-hybridized carbons (Fsp3) is 0.435. The van der Waals surface area contributed by atoms with Crippen molar-refractivity contribution in [3.8, 4) is 5.75 Å². The molecule has 0 aliphatic carbocycles. The van der Waals surface area contributed by atoms with Gasteiger partial charge in [0.1, 0.15) is 11.6 Å². The van der Waals surface area contributed by atoms with Crippen LogP contribution in [0.5, 0.6) is 5.75 Å².